The van der Waals surface area contributed by atoms with E-state index < -0.39 is 17.5 Å². The number of nitrogens with one attached hydrogen (secondary N) is 2. The summed E-state index contributed by atoms with van der Waals surface area (Å²) >= 11 is 11.6. The van der Waals surface area contributed by atoms with Crippen molar-refractivity contribution in [1.29, 1.82) is 0 Å². The van der Waals surface area contributed by atoms with Gasteiger partial charge in [-0.05, 0) is 36.4 Å². The lowest BCUT2D eigenvalue weighted by Gasteiger charge is -2.08. The van der Waals surface area contributed by atoms with E-state index in [0.717, 1.165) is 0 Å². The van der Waals surface area contributed by atoms with Crippen molar-refractivity contribution in [3.8, 4) is 0 Å². The van der Waals surface area contributed by atoms with Crippen molar-refractivity contribution in [2.45, 2.75) is 0 Å². The highest BCUT2D eigenvalue weighted by Crippen LogP contribution is 2.16. The summed E-state index contributed by atoms with van der Waals surface area (Å²) in [7, 11) is 0. The summed E-state index contributed by atoms with van der Waals surface area (Å²) in [6.45, 7) is 0. The summed E-state index contributed by atoms with van der Waals surface area (Å²) in [6, 6.07) is 12.6. The van der Waals surface area contributed by atoms with Gasteiger partial charge in [-0.3, -0.25) is 9.59 Å². The molecule has 0 fully saturated rings. The molecule has 8 heteroatoms. The van der Waals surface area contributed by atoms with Crippen LogP contribution in [0.1, 0.15) is 0 Å². The van der Waals surface area contributed by atoms with E-state index in [1.54, 1.807) is 36.4 Å². The second-order valence-corrected chi connectivity index (χ2v) is 5.25. The molecule has 3 N–H and O–H groups in total. The third-order valence-corrected chi connectivity index (χ3v) is 3.17. The molecule has 0 aromatic heterocycles. The second-order valence-electron chi connectivity index (χ2n) is 4.38. The van der Waals surface area contributed by atoms with Crippen molar-refractivity contribution in [2.75, 3.05) is 10.6 Å². The van der Waals surface area contributed by atoms with E-state index in [1.165, 1.54) is 12.1 Å². The lowest BCUT2D eigenvalue weighted by molar-refractivity contribution is -0.114. The van der Waals surface area contributed by atoms with Gasteiger partial charge < -0.3 is 15.8 Å². The van der Waals surface area contributed by atoms with E-state index in [4.69, 9.17) is 28.4 Å². The number of anilines is 2. The number of oxime groups is 1. The third-order valence-electron chi connectivity index (χ3n) is 2.70. The highest BCUT2D eigenvalue weighted by atomic mass is 35.5. The molecule has 2 aromatic rings. The third kappa shape index (κ3) is 4.70. The van der Waals surface area contributed by atoms with Gasteiger partial charge in [0.05, 0.1) is 0 Å². The number of benzene rings is 2. The molecular weight excluding hydrogens is 341 g/mol. The minimum absolute atomic E-state index is 0.360. The van der Waals surface area contributed by atoms with E-state index in [-0.39, 0.29) is 0 Å². The van der Waals surface area contributed by atoms with Crippen molar-refractivity contribution in [3.05, 3.63) is 58.6 Å². The first kappa shape index (κ1) is 16.8. The van der Waals surface area contributed by atoms with E-state index >= 15 is 0 Å². The van der Waals surface area contributed by atoms with Crippen LogP contribution in [0.15, 0.2) is 53.7 Å². The predicted octanol–water partition coefficient (Wildman–Crippen LogP) is 3.40. The Bertz CT molecular complexity index is 717. The molecule has 0 heterocycles. The van der Waals surface area contributed by atoms with Gasteiger partial charge in [-0.15, -0.1) is 0 Å². The Morgan fingerprint density at radius 1 is 0.870 bits per heavy atom. The van der Waals surface area contributed by atoms with Crippen LogP contribution in [0.2, 0.25) is 10.0 Å². The molecule has 0 aliphatic rings. The van der Waals surface area contributed by atoms with Crippen molar-refractivity contribution >= 4 is 52.1 Å². The fourth-order valence-corrected chi connectivity index (χ4v) is 2.09. The first-order valence-corrected chi connectivity index (χ1v) is 7.11. The highest BCUT2D eigenvalue weighted by molar-refractivity contribution is 6.68. The summed E-state index contributed by atoms with van der Waals surface area (Å²) in [5, 5.41) is 17.3. The van der Waals surface area contributed by atoms with Crippen LogP contribution in [0.5, 0.6) is 0 Å². The topological polar surface area (TPSA) is 90.8 Å². The maximum atomic E-state index is 12.0. The van der Waals surface area contributed by atoms with E-state index in [9.17, 15) is 9.59 Å². The normalized spacial score (nSPS) is 9.83. The molecule has 0 radical (unpaired) electrons. The molecule has 0 bridgehead atoms. The second kappa shape index (κ2) is 7.62. The Morgan fingerprint density at radius 3 is 1.65 bits per heavy atom. The molecule has 0 aliphatic heterocycles. The molecule has 0 unspecified atom stereocenters. The maximum Gasteiger partial charge on any atom is 0.283 e. The van der Waals surface area contributed by atoms with Gasteiger partial charge in [-0.1, -0.05) is 40.5 Å². The number of carbonyl (C=O) groups excluding carboxylic acids is 2. The first-order chi connectivity index (χ1) is 11.0. The summed E-state index contributed by atoms with van der Waals surface area (Å²) in [6.07, 6.45) is 0. The Labute approximate surface area is 141 Å². The van der Waals surface area contributed by atoms with Crippen LogP contribution in [0, 0.1) is 0 Å². The minimum atomic E-state index is -0.880. The zero-order valence-corrected chi connectivity index (χ0v) is 13.1. The average molecular weight is 352 g/mol. The Morgan fingerprint density at radius 2 is 1.30 bits per heavy atom. The zero-order chi connectivity index (χ0) is 16.8. The summed E-state index contributed by atoms with van der Waals surface area (Å²) in [5.74, 6) is -1.76. The highest BCUT2D eigenvalue weighted by Gasteiger charge is 2.22. The molecule has 0 saturated carbocycles. The van der Waals surface area contributed by atoms with Crippen LogP contribution in [-0.2, 0) is 9.59 Å². The van der Waals surface area contributed by atoms with Crippen LogP contribution in [0.3, 0.4) is 0 Å². The standard InChI is InChI=1S/C15H11Cl2N3O3/c16-9-3-1-5-11(7-9)18-14(21)13(20-23)15(22)19-12-6-2-4-10(17)8-12/h1-8,23H,(H,18,21)(H,19,22). The summed E-state index contributed by atoms with van der Waals surface area (Å²) in [5.41, 5.74) is 0.0170. The van der Waals surface area contributed by atoms with E-state index in [1.807, 2.05) is 0 Å². The van der Waals surface area contributed by atoms with Gasteiger partial charge in [0.25, 0.3) is 11.8 Å². The largest absolute Gasteiger partial charge is 0.410 e. The van der Waals surface area contributed by atoms with Crippen molar-refractivity contribution in [3.63, 3.8) is 0 Å². The SMILES string of the molecule is O=C(Nc1cccc(Cl)c1)C(=NO)C(=O)Nc1cccc(Cl)c1. The molecule has 2 amide bonds. The van der Waals surface area contributed by atoms with Crippen LogP contribution >= 0.6 is 23.2 Å². The zero-order valence-electron chi connectivity index (χ0n) is 11.6. The van der Waals surface area contributed by atoms with Crippen LogP contribution in [0.25, 0.3) is 0 Å². The molecular formula is C15H11Cl2N3O3. The van der Waals surface area contributed by atoms with Gasteiger partial charge >= 0.3 is 0 Å². The minimum Gasteiger partial charge on any atom is -0.410 e. The maximum absolute atomic E-state index is 12.0. The number of hydrogen-bond donors (Lipinski definition) is 3. The number of amides is 2. The van der Waals surface area contributed by atoms with Crippen LogP contribution < -0.4 is 10.6 Å². The molecule has 23 heavy (non-hydrogen) atoms. The molecule has 0 spiro atoms. The van der Waals surface area contributed by atoms with E-state index in [2.05, 4.69) is 15.8 Å². The van der Waals surface area contributed by atoms with Gasteiger partial charge in [0, 0.05) is 21.4 Å². The molecule has 6 nitrogen and oxygen atoms in total. The fraction of sp³-hybridized carbons (Fsp3) is 0. The van der Waals surface area contributed by atoms with Crippen molar-refractivity contribution in [1.82, 2.24) is 0 Å². The summed E-state index contributed by atoms with van der Waals surface area (Å²) < 4.78 is 0. The van der Waals surface area contributed by atoms with E-state index in [0.29, 0.717) is 21.4 Å². The smallest absolute Gasteiger partial charge is 0.283 e. The Balaban J connectivity index is 2.09. The van der Waals surface area contributed by atoms with Crippen molar-refractivity contribution in [2.24, 2.45) is 5.16 Å². The average Bonchev–Trinajstić information content (AvgIpc) is 2.47. The fourth-order valence-electron chi connectivity index (χ4n) is 1.71. The lowest BCUT2D eigenvalue weighted by Crippen LogP contribution is -2.34. The van der Waals surface area contributed by atoms with Gasteiger partial charge in [0.15, 0.2) is 0 Å². The monoisotopic (exact) mass is 351 g/mol. The molecule has 2 rings (SSSR count). The predicted molar refractivity (Wildman–Crippen MR) is 89.4 cm³/mol. The first-order valence-electron chi connectivity index (χ1n) is 6.35. The van der Waals surface area contributed by atoms with Gasteiger partial charge in [-0.25, -0.2) is 0 Å². The van der Waals surface area contributed by atoms with Gasteiger partial charge in [0.2, 0.25) is 5.71 Å². The number of nitrogens with zero attached hydrogens (tertiary/aromatic N) is 1. The molecule has 0 aliphatic carbocycles. The van der Waals surface area contributed by atoms with Crippen LogP contribution in [0.4, 0.5) is 11.4 Å². The van der Waals surface area contributed by atoms with Gasteiger partial charge in [-0.2, -0.15) is 0 Å². The molecule has 0 saturated heterocycles. The number of hydrogen-bond acceptors (Lipinski definition) is 4. The Hall–Kier alpha value is -2.57. The van der Waals surface area contributed by atoms with Crippen LogP contribution in [-0.4, -0.2) is 22.7 Å². The number of halogens is 2. The van der Waals surface area contributed by atoms with Crippen molar-refractivity contribution < 1.29 is 14.8 Å². The molecule has 118 valence electrons. The Kier molecular flexibility index (Phi) is 5.56. The number of rotatable bonds is 4. The quantitative estimate of drug-likeness (QED) is 0.341. The molecule has 0 atom stereocenters. The van der Waals surface area contributed by atoms with Gasteiger partial charge in [0.1, 0.15) is 0 Å². The summed E-state index contributed by atoms with van der Waals surface area (Å²) in [4.78, 5) is 24.0. The molecule has 2 aromatic carbocycles. The number of carbonyl (C=O) groups is 2. The lowest BCUT2D eigenvalue weighted by atomic mass is 10.2.